The van der Waals surface area contributed by atoms with Gasteiger partial charge in [0.1, 0.15) is 0 Å². The van der Waals surface area contributed by atoms with Crippen LogP contribution in [0.25, 0.3) is 0 Å². The highest BCUT2D eigenvalue weighted by Gasteiger charge is 2.12. The molecule has 2 rings (SSSR count). The van der Waals surface area contributed by atoms with E-state index < -0.39 is 0 Å². The van der Waals surface area contributed by atoms with Gasteiger partial charge in [0.15, 0.2) is 0 Å². The molecule has 0 amide bonds. The lowest BCUT2D eigenvalue weighted by Gasteiger charge is -2.24. The first-order valence-electron chi connectivity index (χ1n) is 6.40. The van der Waals surface area contributed by atoms with E-state index in [0.717, 1.165) is 13.1 Å². The van der Waals surface area contributed by atoms with Crippen LogP contribution in [0.5, 0.6) is 0 Å². The number of hydrogen-bond acceptors (Lipinski definition) is 3. The maximum absolute atomic E-state index is 5.22. The van der Waals surface area contributed by atoms with Crippen molar-refractivity contribution in [3.63, 3.8) is 0 Å². The second-order valence-electron chi connectivity index (χ2n) is 4.63. The van der Waals surface area contributed by atoms with Crippen LogP contribution in [0.2, 0.25) is 0 Å². The molecule has 1 unspecified atom stereocenters. The largest absolute Gasteiger partial charge is 0.380 e. The molecule has 1 saturated heterocycles. The minimum Gasteiger partial charge on any atom is -0.380 e. The zero-order valence-electron chi connectivity index (χ0n) is 10.9. The first-order valence-corrected chi connectivity index (χ1v) is 6.40. The van der Waals surface area contributed by atoms with Crippen LogP contribution < -0.4 is 10.6 Å². The minimum absolute atomic E-state index is 0. The highest BCUT2D eigenvalue weighted by molar-refractivity contribution is 5.85. The number of benzene rings is 1. The van der Waals surface area contributed by atoms with Crippen molar-refractivity contribution < 1.29 is 4.74 Å². The van der Waals surface area contributed by atoms with Gasteiger partial charge in [-0.1, -0.05) is 24.3 Å². The summed E-state index contributed by atoms with van der Waals surface area (Å²) in [6.07, 6.45) is 2.55. The number of halogens is 1. The summed E-state index contributed by atoms with van der Waals surface area (Å²) in [6, 6.07) is 9.09. The number of methoxy groups -OCH3 is 1. The van der Waals surface area contributed by atoms with Gasteiger partial charge in [-0.3, -0.25) is 0 Å². The average Bonchev–Trinajstić information content (AvgIpc) is 2.39. The molecule has 1 heterocycles. The Labute approximate surface area is 116 Å². The third-order valence-electron chi connectivity index (χ3n) is 3.30. The van der Waals surface area contributed by atoms with Gasteiger partial charge in [-0.2, -0.15) is 0 Å². The van der Waals surface area contributed by atoms with Gasteiger partial charge in [0.05, 0.1) is 6.61 Å². The lowest BCUT2D eigenvalue weighted by Crippen LogP contribution is -2.42. The lowest BCUT2D eigenvalue weighted by atomic mass is 10.1. The molecular formula is C14H23ClN2O. The Morgan fingerprint density at radius 1 is 1.33 bits per heavy atom. The van der Waals surface area contributed by atoms with Gasteiger partial charge in [-0.15, -0.1) is 12.4 Å². The first kappa shape index (κ1) is 15.4. The van der Waals surface area contributed by atoms with E-state index >= 15 is 0 Å². The molecule has 0 spiro atoms. The Balaban J connectivity index is 0.00000162. The van der Waals surface area contributed by atoms with Crippen molar-refractivity contribution in [2.45, 2.75) is 32.0 Å². The molecule has 1 atom stereocenters. The van der Waals surface area contributed by atoms with E-state index in [2.05, 4.69) is 34.9 Å². The predicted molar refractivity (Wildman–Crippen MR) is 77.1 cm³/mol. The summed E-state index contributed by atoms with van der Waals surface area (Å²) in [6.45, 7) is 3.89. The molecule has 3 nitrogen and oxygen atoms in total. The summed E-state index contributed by atoms with van der Waals surface area (Å²) < 4.78 is 5.22. The molecule has 4 heteroatoms. The molecule has 0 aliphatic carbocycles. The summed E-state index contributed by atoms with van der Waals surface area (Å²) in [5.41, 5.74) is 2.63. The van der Waals surface area contributed by atoms with E-state index in [9.17, 15) is 0 Å². The zero-order valence-corrected chi connectivity index (χ0v) is 11.8. The molecule has 102 valence electrons. The summed E-state index contributed by atoms with van der Waals surface area (Å²) >= 11 is 0. The molecule has 18 heavy (non-hydrogen) atoms. The number of rotatable bonds is 5. The molecule has 1 aliphatic rings. The molecule has 0 saturated carbocycles. The Bertz CT molecular complexity index is 340. The van der Waals surface area contributed by atoms with Crippen LogP contribution in [0.4, 0.5) is 0 Å². The van der Waals surface area contributed by atoms with E-state index in [1.807, 2.05) is 0 Å². The van der Waals surface area contributed by atoms with Gasteiger partial charge in [-0.05, 0) is 30.5 Å². The molecule has 0 bridgehead atoms. The van der Waals surface area contributed by atoms with Gasteiger partial charge >= 0.3 is 0 Å². The van der Waals surface area contributed by atoms with Crippen LogP contribution in [-0.4, -0.2) is 26.2 Å². The fourth-order valence-corrected chi connectivity index (χ4v) is 2.31. The van der Waals surface area contributed by atoms with Crippen LogP contribution >= 0.6 is 12.4 Å². The molecule has 1 fully saturated rings. The maximum atomic E-state index is 5.22. The van der Waals surface area contributed by atoms with Gasteiger partial charge in [0.2, 0.25) is 0 Å². The van der Waals surface area contributed by atoms with E-state index in [-0.39, 0.29) is 12.4 Å². The third kappa shape index (κ3) is 4.58. The zero-order chi connectivity index (χ0) is 11.9. The highest BCUT2D eigenvalue weighted by Crippen LogP contribution is 2.11. The number of piperidine rings is 1. The fraction of sp³-hybridized carbons (Fsp3) is 0.571. The van der Waals surface area contributed by atoms with E-state index in [1.54, 1.807) is 7.11 Å². The predicted octanol–water partition coefficient (Wildman–Crippen LogP) is 2.10. The number of ether oxygens (including phenoxy) is 1. The topological polar surface area (TPSA) is 33.3 Å². The molecule has 1 aromatic rings. The SMILES string of the molecule is COCc1ccccc1CNC1CCCNC1.Cl. The van der Waals surface area contributed by atoms with Crippen molar-refractivity contribution in [3.05, 3.63) is 35.4 Å². The third-order valence-corrected chi connectivity index (χ3v) is 3.30. The van der Waals surface area contributed by atoms with Crippen molar-refractivity contribution in [2.24, 2.45) is 0 Å². The Hall–Kier alpha value is -0.610. The molecular weight excluding hydrogens is 248 g/mol. The first-order chi connectivity index (χ1) is 8.40. The quantitative estimate of drug-likeness (QED) is 0.860. The Morgan fingerprint density at radius 3 is 2.78 bits per heavy atom. The standard InChI is InChI=1S/C14H22N2O.ClH/c1-17-11-13-6-3-2-5-12(13)9-16-14-7-4-8-15-10-14;/h2-3,5-6,14-16H,4,7-11H2,1H3;1H. The van der Waals surface area contributed by atoms with Crippen molar-refractivity contribution in [1.29, 1.82) is 0 Å². The number of hydrogen-bond donors (Lipinski definition) is 2. The second-order valence-corrected chi connectivity index (χ2v) is 4.63. The molecule has 0 radical (unpaired) electrons. The smallest absolute Gasteiger partial charge is 0.0716 e. The molecule has 1 aliphatic heterocycles. The maximum Gasteiger partial charge on any atom is 0.0716 e. The minimum atomic E-state index is 0. The van der Waals surface area contributed by atoms with Crippen molar-refractivity contribution in [1.82, 2.24) is 10.6 Å². The average molecular weight is 271 g/mol. The monoisotopic (exact) mass is 270 g/mol. The van der Waals surface area contributed by atoms with Crippen LogP contribution in [0.3, 0.4) is 0 Å². The van der Waals surface area contributed by atoms with Crippen LogP contribution in [0.15, 0.2) is 24.3 Å². The molecule has 1 aromatic carbocycles. The van der Waals surface area contributed by atoms with Crippen molar-refractivity contribution in [3.8, 4) is 0 Å². The van der Waals surface area contributed by atoms with E-state index in [1.165, 1.54) is 30.5 Å². The highest BCUT2D eigenvalue weighted by atomic mass is 35.5. The van der Waals surface area contributed by atoms with Gasteiger partial charge in [-0.25, -0.2) is 0 Å². The van der Waals surface area contributed by atoms with E-state index in [4.69, 9.17) is 4.74 Å². The summed E-state index contributed by atoms with van der Waals surface area (Å²) in [4.78, 5) is 0. The van der Waals surface area contributed by atoms with Crippen molar-refractivity contribution in [2.75, 3.05) is 20.2 Å². The van der Waals surface area contributed by atoms with Crippen LogP contribution in [-0.2, 0) is 17.9 Å². The summed E-state index contributed by atoms with van der Waals surface area (Å²) in [5, 5.41) is 7.04. The lowest BCUT2D eigenvalue weighted by molar-refractivity contribution is 0.184. The Kier molecular flexibility index (Phi) is 7.28. The van der Waals surface area contributed by atoms with E-state index in [0.29, 0.717) is 12.6 Å². The fourth-order valence-electron chi connectivity index (χ4n) is 2.31. The van der Waals surface area contributed by atoms with Crippen LogP contribution in [0, 0.1) is 0 Å². The second kappa shape index (κ2) is 8.48. The summed E-state index contributed by atoms with van der Waals surface area (Å²) in [7, 11) is 1.75. The summed E-state index contributed by atoms with van der Waals surface area (Å²) in [5.74, 6) is 0. The van der Waals surface area contributed by atoms with Gasteiger partial charge in [0.25, 0.3) is 0 Å². The Morgan fingerprint density at radius 2 is 2.11 bits per heavy atom. The van der Waals surface area contributed by atoms with Crippen LogP contribution in [0.1, 0.15) is 24.0 Å². The normalized spacial score (nSPS) is 19.3. The molecule has 2 N–H and O–H groups in total. The van der Waals surface area contributed by atoms with Gasteiger partial charge in [0, 0.05) is 26.2 Å². The molecule has 0 aromatic heterocycles. The van der Waals surface area contributed by atoms with Crippen molar-refractivity contribution >= 4 is 12.4 Å². The number of nitrogens with one attached hydrogen (secondary N) is 2. The van der Waals surface area contributed by atoms with Gasteiger partial charge < -0.3 is 15.4 Å².